The van der Waals surface area contributed by atoms with Gasteiger partial charge in [-0.25, -0.2) is 9.97 Å². The standard InChI is InChI=1S/C31H33F3N10O4/c1-17-12-20(31(32,33)34)4-5-21(17)39-23(45)14-35-22-6-7-30(24(22)28(47)44-40-27(41-44)19-13-38-42(3)15-19)8-10-43(11-9-30)29(48)25-26(46)18(2)36-16-37-25/h4-5,12-13,15-16,35,46H,6-11,14H2,1-3H3,(H,39,45)(H,40,41). The van der Waals surface area contributed by atoms with E-state index >= 15 is 0 Å². The Balaban J connectivity index is 1.21. The van der Waals surface area contributed by atoms with Crippen LogP contribution in [0.2, 0.25) is 0 Å². The number of aryl methyl sites for hydroxylation is 3. The van der Waals surface area contributed by atoms with Crippen molar-refractivity contribution in [3.63, 3.8) is 0 Å². The number of allylic oxidation sites excluding steroid dienone is 2. The Labute approximate surface area is 272 Å². The zero-order chi connectivity index (χ0) is 34.4. The van der Waals surface area contributed by atoms with Crippen molar-refractivity contribution in [1.29, 1.82) is 0 Å². The number of hydrogen-bond donors (Lipinski definition) is 4. The van der Waals surface area contributed by atoms with Gasteiger partial charge in [-0.2, -0.15) is 18.3 Å². The quantitative estimate of drug-likeness (QED) is 0.230. The highest BCUT2D eigenvalue weighted by Crippen LogP contribution is 2.50. The number of amides is 2. The number of alkyl halides is 3. The van der Waals surface area contributed by atoms with Crippen LogP contribution in [0, 0.1) is 19.3 Å². The number of nitrogens with one attached hydrogen (secondary N) is 3. The van der Waals surface area contributed by atoms with Gasteiger partial charge in [0.25, 0.3) is 11.8 Å². The Morgan fingerprint density at radius 2 is 1.81 bits per heavy atom. The molecule has 4 aromatic rings. The highest BCUT2D eigenvalue weighted by Gasteiger charge is 2.48. The Kier molecular flexibility index (Phi) is 8.30. The molecule has 4 N–H and O–H groups in total. The van der Waals surface area contributed by atoms with Crippen molar-refractivity contribution in [3.8, 4) is 17.1 Å². The number of aromatic nitrogens is 7. The van der Waals surface area contributed by atoms with Crippen LogP contribution in [-0.2, 0) is 18.0 Å². The van der Waals surface area contributed by atoms with Crippen LogP contribution < -0.4 is 10.6 Å². The molecule has 2 aliphatic rings. The molecule has 0 bridgehead atoms. The lowest BCUT2D eigenvalue weighted by atomic mass is 9.72. The lowest BCUT2D eigenvalue weighted by molar-refractivity contribution is -0.137. The van der Waals surface area contributed by atoms with Gasteiger partial charge in [-0.15, -0.1) is 9.90 Å². The maximum atomic E-state index is 14.0. The fraction of sp³-hybridized carbons (Fsp3) is 0.387. The summed E-state index contributed by atoms with van der Waals surface area (Å²) < 4.78 is 40.9. The van der Waals surface area contributed by atoms with Crippen molar-refractivity contribution in [3.05, 3.63) is 70.7 Å². The third-order valence-electron chi connectivity index (χ3n) is 8.99. The molecule has 1 spiro atoms. The molecule has 0 radical (unpaired) electrons. The van der Waals surface area contributed by atoms with Crippen LogP contribution in [0.15, 0.2) is 48.2 Å². The van der Waals surface area contributed by atoms with E-state index in [1.54, 1.807) is 35.9 Å². The van der Waals surface area contributed by atoms with E-state index in [0.29, 0.717) is 48.3 Å². The molecular formula is C31H33F3N10O4. The monoisotopic (exact) mass is 666 g/mol. The smallest absolute Gasteiger partial charge is 0.416 e. The molecule has 1 saturated heterocycles. The minimum Gasteiger partial charge on any atom is -0.504 e. The predicted molar refractivity (Wildman–Crippen MR) is 164 cm³/mol. The van der Waals surface area contributed by atoms with Crippen molar-refractivity contribution in [1.82, 2.24) is 45.0 Å². The van der Waals surface area contributed by atoms with Gasteiger partial charge in [0, 0.05) is 48.7 Å². The van der Waals surface area contributed by atoms with Gasteiger partial charge in [0.05, 0.1) is 29.6 Å². The normalized spacial score (nSPS) is 16.1. The molecule has 1 fully saturated rings. The van der Waals surface area contributed by atoms with Gasteiger partial charge in [0.1, 0.15) is 6.33 Å². The average molecular weight is 667 g/mol. The maximum absolute atomic E-state index is 14.0. The van der Waals surface area contributed by atoms with E-state index in [9.17, 15) is 32.7 Å². The summed E-state index contributed by atoms with van der Waals surface area (Å²) in [6.45, 7) is 3.39. The summed E-state index contributed by atoms with van der Waals surface area (Å²) in [6, 6.07) is 3.08. The second-order valence-corrected chi connectivity index (χ2v) is 12.1. The van der Waals surface area contributed by atoms with Crippen molar-refractivity contribution >= 4 is 23.4 Å². The van der Waals surface area contributed by atoms with E-state index in [1.807, 2.05) is 0 Å². The lowest BCUT2D eigenvalue weighted by Gasteiger charge is -2.40. The van der Waals surface area contributed by atoms with E-state index in [-0.39, 0.29) is 48.0 Å². The van der Waals surface area contributed by atoms with Crippen LogP contribution in [0.25, 0.3) is 11.4 Å². The number of hydrogen-bond acceptors (Lipinski definition) is 9. The Hall–Kier alpha value is -5.48. The predicted octanol–water partition coefficient (Wildman–Crippen LogP) is 3.58. The van der Waals surface area contributed by atoms with Crippen LogP contribution in [-0.4, -0.2) is 82.1 Å². The summed E-state index contributed by atoms with van der Waals surface area (Å²) in [5, 5.41) is 27.5. The SMILES string of the molecule is Cc1cc(C(F)(F)F)ccc1NC(=O)CNC1=C(C(=O)n2nc(-c3cnn(C)c3)[nH]2)C2(CC1)CCN(C(=O)c1ncnc(C)c1O)CC2. The number of benzene rings is 1. The molecule has 0 unspecified atom stereocenters. The van der Waals surface area contributed by atoms with Gasteiger partial charge in [0.2, 0.25) is 5.91 Å². The van der Waals surface area contributed by atoms with Gasteiger partial charge >= 0.3 is 6.18 Å². The first-order chi connectivity index (χ1) is 22.8. The first kappa shape index (κ1) is 32.5. The molecule has 14 nitrogen and oxygen atoms in total. The van der Waals surface area contributed by atoms with Crippen LogP contribution in [0.5, 0.6) is 5.75 Å². The highest BCUT2D eigenvalue weighted by molar-refractivity contribution is 5.98. The number of carbonyl (C=O) groups is 3. The minimum atomic E-state index is -4.50. The summed E-state index contributed by atoms with van der Waals surface area (Å²) in [6.07, 6.45) is 1.95. The van der Waals surface area contributed by atoms with Crippen molar-refractivity contribution in [2.24, 2.45) is 12.5 Å². The van der Waals surface area contributed by atoms with Crippen LogP contribution in [0.4, 0.5) is 18.9 Å². The summed E-state index contributed by atoms with van der Waals surface area (Å²) in [5.74, 6) is -1.17. The molecule has 252 valence electrons. The molecule has 17 heteroatoms. The number of nitrogens with zero attached hydrogens (tertiary/aromatic N) is 7. The molecule has 3 aromatic heterocycles. The van der Waals surface area contributed by atoms with Crippen molar-refractivity contribution < 1.29 is 32.7 Å². The van der Waals surface area contributed by atoms with E-state index in [2.05, 4.69) is 35.9 Å². The zero-order valence-electron chi connectivity index (χ0n) is 26.4. The number of likely N-dealkylation sites (tertiary alicyclic amines) is 1. The molecule has 2 amide bonds. The minimum absolute atomic E-state index is 0.0876. The van der Waals surface area contributed by atoms with Gasteiger partial charge in [-0.05, 0) is 63.3 Å². The van der Waals surface area contributed by atoms with Gasteiger partial charge in [0.15, 0.2) is 17.3 Å². The number of piperidine rings is 1. The first-order valence-electron chi connectivity index (χ1n) is 15.2. The lowest BCUT2D eigenvalue weighted by Crippen LogP contribution is -2.45. The van der Waals surface area contributed by atoms with Crippen molar-refractivity contribution in [2.45, 2.75) is 45.7 Å². The average Bonchev–Trinajstić information content (AvgIpc) is 3.60. The number of aromatic amines is 1. The van der Waals surface area contributed by atoms with Gasteiger partial charge in [-0.1, -0.05) is 0 Å². The van der Waals surface area contributed by atoms with E-state index in [1.165, 1.54) is 19.3 Å². The molecule has 1 aliphatic carbocycles. The molecule has 6 rings (SSSR count). The largest absolute Gasteiger partial charge is 0.504 e. The van der Waals surface area contributed by atoms with E-state index in [0.717, 1.165) is 16.9 Å². The number of halogens is 3. The maximum Gasteiger partial charge on any atom is 0.416 e. The molecule has 0 saturated carbocycles. The first-order valence-corrected chi connectivity index (χ1v) is 15.2. The van der Waals surface area contributed by atoms with Crippen LogP contribution in [0.3, 0.4) is 0 Å². The van der Waals surface area contributed by atoms with E-state index in [4.69, 9.17) is 0 Å². The zero-order valence-corrected chi connectivity index (χ0v) is 26.4. The topological polar surface area (TPSA) is 176 Å². The third kappa shape index (κ3) is 6.14. The molecule has 1 aliphatic heterocycles. The van der Waals surface area contributed by atoms with Crippen LogP contribution in [0.1, 0.15) is 57.8 Å². The number of carbonyl (C=O) groups excluding carboxylic acids is 3. The van der Waals surface area contributed by atoms with Crippen molar-refractivity contribution in [2.75, 3.05) is 25.0 Å². The second-order valence-electron chi connectivity index (χ2n) is 12.1. The Bertz CT molecular complexity index is 1920. The third-order valence-corrected chi connectivity index (χ3v) is 8.99. The summed E-state index contributed by atoms with van der Waals surface area (Å²) >= 11 is 0. The van der Waals surface area contributed by atoms with E-state index < -0.39 is 34.9 Å². The summed E-state index contributed by atoms with van der Waals surface area (Å²) in [4.78, 5) is 50.8. The summed E-state index contributed by atoms with van der Waals surface area (Å²) in [5.41, 5.74) is 0.932. The van der Waals surface area contributed by atoms with Gasteiger partial charge < -0.3 is 20.6 Å². The molecule has 0 atom stereocenters. The molecule has 4 heterocycles. The Morgan fingerprint density at radius 1 is 1.08 bits per heavy atom. The van der Waals surface area contributed by atoms with Gasteiger partial charge in [-0.3, -0.25) is 24.2 Å². The fourth-order valence-corrected chi connectivity index (χ4v) is 6.31. The highest BCUT2D eigenvalue weighted by atomic mass is 19.4. The second kappa shape index (κ2) is 12.3. The molecular weight excluding hydrogens is 633 g/mol. The number of anilines is 1. The Morgan fingerprint density at radius 3 is 2.46 bits per heavy atom. The van der Waals surface area contributed by atoms with Crippen LogP contribution >= 0.6 is 0 Å². The fourth-order valence-electron chi connectivity index (χ4n) is 6.31. The number of aromatic hydroxyl groups is 1. The molecule has 1 aromatic carbocycles. The number of rotatable bonds is 7. The number of H-pyrrole nitrogens is 1. The molecule has 48 heavy (non-hydrogen) atoms. The summed E-state index contributed by atoms with van der Waals surface area (Å²) in [7, 11) is 1.76.